The summed E-state index contributed by atoms with van der Waals surface area (Å²) in [6, 6.07) is 23.8. The molecule has 0 radical (unpaired) electrons. The molecule has 0 bridgehead atoms. The Morgan fingerprint density at radius 1 is 0.571 bits per heavy atom. The minimum absolute atomic E-state index is 0.942. The van der Waals surface area contributed by atoms with Gasteiger partial charge in [-0.25, -0.2) is 0 Å². The van der Waals surface area contributed by atoms with E-state index in [1.807, 2.05) is 18.2 Å². The van der Waals surface area contributed by atoms with Crippen LogP contribution in [0.3, 0.4) is 0 Å². The standard InChI is InChI=1S/C30H34N2.C7H6.2ClH.Ru/c1-18-10-21(4)28(22(5)11-18)27-16-31(29-23(6)12-19(2)13-24(29)7)17-32(27)30-25(8)14-20(3)15-26(30)9;1-7-5-3-2-4-6-7;;;/h10-16H,1-9H3;1-6H;2*1H;/q;;;;+2/p-2. The number of benzene rings is 4. The topological polar surface area (TPSA) is 9.86 Å². The van der Waals surface area contributed by atoms with Gasteiger partial charge in [-0.1, -0.05) is 0 Å². The number of hydrogen-bond acceptors (Lipinski definition) is 0. The molecule has 0 unspecified atom stereocenters. The van der Waals surface area contributed by atoms with Gasteiger partial charge in [0, 0.05) is 0 Å². The summed E-state index contributed by atoms with van der Waals surface area (Å²) in [5.41, 5.74) is 16.6. The second-order valence-electron chi connectivity index (χ2n) is 11.7. The normalized spacial score (nSPS) is 12.1. The fourth-order valence-corrected chi connectivity index (χ4v) is 12.2. The third kappa shape index (κ3) is 5.72. The number of imidazole rings is 1. The molecule has 42 heavy (non-hydrogen) atoms. The molecule has 0 amide bonds. The first-order valence-electron chi connectivity index (χ1n) is 14.2. The van der Waals surface area contributed by atoms with Gasteiger partial charge in [-0.3, -0.25) is 0 Å². The van der Waals surface area contributed by atoms with Crippen LogP contribution in [0.15, 0.2) is 72.9 Å². The van der Waals surface area contributed by atoms with Crippen molar-refractivity contribution in [2.75, 3.05) is 0 Å². The maximum absolute atomic E-state index is 7.72. The van der Waals surface area contributed by atoms with Gasteiger partial charge in [-0.2, -0.15) is 0 Å². The van der Waals surface area contributed by atoms with Crippen molar-refractivity contribution in [1.82, 2.24) is 9.13 Å². The Kier molecular flexibility index (Phi) is 8.52. The molecule has 0 aliphatic carbocycles. The Balaban J connectivity index is 2.15. The Bertz CT molecular complexity index is 1940. The van der Waals surface area contributed by atoms with Crippen LogP contribution in [0.1, 0.15) is 55.6 Å². The zero-order chi connectivity index (χ0) is 30.5. The van der Waals surface area contributed by atoms with Crippen LogP contribution in [0.4, 0.5) is 0 Å². The fraction of sp³-hybridized carbons (Fsp3) is 0.243. The first kappa shape index (κ1) is 30.6. The number of halogens is 2. The second kappa shape index (κ2) is 11.7. The minimum atomic E-state index is -3.74. The zero-order valence-electron chi connectivity index (χ0n) is 26.0. The molecule has 2 nitrogen and oxygen atoms in total. The Hall–Kier alpha value is -2.84. The monoisotopic (exact) mass is 684 g/mol. The molecule has 1 aromatic heterocycles. The average molecular weight is 685 g/mol. The molecule has 220 valence electrons. The zero-order valence-corrected chi connectivity index (χ0v) is 29.3. The molecular formula is C37H40Cl2N2Ru. The molecule has 1 heterocycles. The number of rotatable bonds is 4. The van der Waals surface area contributed by atoms with Crippen molar-refractivity contribution in [3.05, 3.63) is 133 Å². The Morgan fingerprint density at radius 3 is 1.48 bits per heavy atom. The Morgan fingerprint density at radius 2 is 1.00 bits per heavy atom. The van der Waals surface area contributed by atoms with Crippen LogP contribution in [0, 0.1) is 66.3 Å². The van der Waals surface area contributed by atoms with E-state index in [1.54, 1.807) is 0 Å². The first-order chi connectivity index (χ1) is 19.8. The van der Waals surface area contributed by atoms with Gasteiger partial charge in [0.15, 0.2) is 0 Å². The van der Waals surface area contributed by atoms with Gasteiger partial charge in [-0.05, 0) is 0 Å². The van der Waals surface area contributed by atoms with Gasteiger partial charge >= 0.3 is 263 Å². The summed E-state index contributed by atoms with van der Waals surface area (Å²) in [6.07, 6.45) is 2.28. The van der Waals surface area contributed by atoms with Crippen LogP contribution in [-0.4, -0.2) is 13.7 Å². The molecule has 0 fully saturated rings. The van der Waals surface area contributed by atoms with Crippen molar-refractivity contribution in [1.29, 1.82) is 0 Å². The summed E-state index contributed by atoms with van der Waals surface area (Å²) >= 11 is -3.74. The molecule has 0 saturated heterocycles. The van der Waals surface area contributed by atoms with E-state index in [2.05, 4.69) is 131 Å². The average Bonchev–Trinajstić information content (AvgIpc) is 3.22. The van der Waals surface area contributed by atoms with E-state index in [1.165, 1.54) is 55.6 Å². The van der Waals surface area contributed by atoms with E-state index in [-0.39, 0.29) is 0 Å². The molecule has 0 spiro atoms. The first-order valence-corrected chi connectivity index (χ1v) is 20.6. The van der Waals surface area contributed by atoms with Crippen molar-refractivity contribution in [2.24, 2.45) is 0 Å². The van der Waals surface area contributed by atoms with Crippen molar-refractivity contribution in [2.45, 2.75) is 62.3 Å². The van der Waals surface area contributed by atoms with Gasteiger partial charge in [-0.15, -0.1) is 0 Å². The van der Waals surface area contributed by atoms with Gasteiger partial charge in [0.1, 0.15) is 0 Å². The van der Waals surface area contributed by atoms with Crippen LogP contribution in [-0.2, 0) is 11.9 Å². The van der Waals surface area contributed by atoms with Crippen molar-refractivity contribution in [3.63, 3.8) is 0 Å². The van der Waals surface area contributed by atoms with E-state index in [4.69, 9.17) is 19.4 Å². The molecule has 5 aromatic rings. The number of aryl methyl sites for hydroxylation is 9. The molecule has 0 saturated carbocycles. The summed E-state index contributed by atoms with van der Waals surface area (Å²) in [5.74, 6) is 0. The van der Waals surface area contributed by atoms with Crippen molar-refractivity contribution < 1.29 is 11.9 Å². The second-order valence-corrected chi connectivity index (χ2v) is 20.9. The molecule has 0 N–H and O–H groups in total. The van der Waals surface area contributed by atoms with E-state index >= 15 is 0 Å². The third-order valence-corrected chi connectivity index (χ3v) is 13.2. The van der Waals surface area contributed by atoms with Crippen LogP contribution in [0.2, 0.25) is 0 Å². The van der Waals surface area contributed by atoms with E-state index in [0.29, 0.717) is 0 Å². The van der Waals surface area contributed by atoms with E-state index in [0.717, 1.165) is 26.6 Å². The van der Waals surface area contributed by atoms with Crippen LogP contribution in [0.5, 0.6) is 0 Å². The summed E-state index contributed by atoms with van der Waals surface area (Å²) in [5, 5.41) is 0. The van der Waals surface area contributed by atoms with Gasteiger partial charge in [0.2, 0.25) is 0 Å². The molecule has 0 aliphatic heterocycles. The molecule has 0 aliphatic rings. The van der Waals surface area contributed by atoms with Gasteiger partial charge in [0.05, 0.1) is 0 Å². The number of hydrogen-bond donors (Lipinski definition) is 0. The van der Waals surface area contributed by atoms with Crippen LogP contribution in [0.25, 0.3) is 22.6 Å². The van der Waals surface area contributed by atoms with Crippen molar-refractivity contribution in [3.8, 4) is 22.6 Å². The van der Waals surface area contributed by atoms with Crippen LogP contribution < -0.4 is 0 Å². The third-order valence-electron chi connectivity index (χ3n) is 7.79. The quantitative estimate of drug-likeness (QED) is 0.167. The van der Waals surface area contributed by atoms with Gasteiger partial charge in [0.25, 0.3) is 0 Å². The molecular weight excluding hydrogens is 644 g/mol. The number of aromatic nitrogens is 2. The predicted molar refractivity (Wildman–Crippen MR) is 180 cm³/mol. The summed E-state index contributed by atoms with van der Waals surface area (Å²) in [7, 11) is 15.4. The predicted octanol–water partition coefficient (Wildman–Crippen LogP) is 10.6. The molecule has 5 heteroatoms. The van der Waals surface area contributed by atoms with E-state index < -0.39 is 11.9 Å². The molecule has 0 atom stereocenters. The van der Waals surface area contributed by atoms with Crippen molar-refractivity contribution >= 4 is 24.0 Å². The Labute approximate surface area is 261 Å². The SMILES string of the molecule is Cc1cc(C)c(-c2cn(-c3c(C)cc(C)cc3C)[c](=[Ru]([Cl])([Cl])=[CH]c3ccccc3)n2-c2c(C)cc(C)cc2C)c(C)c1. The number of nitrogens with zero attached hydrogens (tertiary/aromatic N) is 2. The summed E-state index contributed by atoms with van der Waals surface area (Å²) in [4.78, 5) is 0. The van der Waals surface area contributed by atoms with Crippen LogP contribution >= 0.6 is 19.4 Å². The fourth-order valence-electron chi connectivity index (χ4n) is 6.57. The molecule has 4 aromatic carbocycles. The molecule has 5 rings (SSSR count). The van der Waals surface area contributed by atoms with Gasteiger partial charge < -0.3 is 0 Å². The summed E-state index contributed by atoms with van der Waals surface area (Å²) < 4.78 is 7.76. The summed E-state index contributed by atoms with van der Waals surface area (Å²) in [6.45, 7) is 19.6. The van der Waals surface area contributed by atoms with E-state index in [9.17, 15) is 0 Å². The maximum atomic E-state index is 7.72.